The van der Waals surface area contributed by atoms with E-state index in [1.165, 1.54) is 11.8 Å². The summed E-state index contributed by atoms with van der Waals surface area (Å²) >= 11 is 1.38. The summed E-state index contributed by atoms with van der Waals surface area (Å²) in [5, 5.41) is 9.46. The zero-order chi connectivity index (χ0) is 20.9. The zero-order valence-electron chi connectivity index (χ0n) is 16.8. The molecule has 7 nitrogen and oxygen atoms in total. The number of rotatable bonds is 5. The van der Waals surface area contributed by atoms with E-state index in [0.717, 1.165) is 17.1 Å². The molecule has 154 valence electrons. The first kappa shape index (κ1) is 20.2. The molecule has 0 saturated carbocycles. The van der Waals surface area contributed by atoms with Crippen molar-refractivity contribution in [1.29, 1.82) is 0 Å². The maximum atomic E-state index is 12.7. The summed E-state index contributed by atoms with van der Waals surface area (Å²) in [7, 11) is 0. The van der Waals surface area contributed by atoms with Crippen LogP contribution in [0.4, 0.5) is 0 Å². The normalized spacial score (nSPS) is 14.0. The van der Waals surface area contributed by atoms with Crippen LogP contribution in [0.1, 0.15) is 6.92 Å². The highest BCUT2D eigenvalue weighted by atomic mass is 32.2. The summed E-state index contributed by atoms with van der Waals surface area (Å²) in [6.07, 6.45) is 0. The van der Waals surface area contributed by atoms with E-state index < -0.39 is 0 Å². The Balaban J connectivity index is 1.51. The minimum Gasteiger partial charge on any atom is -0.339 e. The van der Waals surface area contributed by atoms with Gasteiger partial charge in [0.05, 0.1) is 5.75 Å². The van der Waals surface area contributed by atoms with Gasteiger partial charge in [0.1, 0.15) is 0 Å². The molecule has 0 bridgehead atoms. The van der Waals surface area contributed by atoms with Crippen LogP contribution in [0, 0.1) is 0 Å². The molecule has 2 heterocycles. The highest BCUT2D eigenvalue weighted by Gasteiger charge is 2.23. The summed E-state index contributed by atoms with van der Waals surface area (Å²) in [6.45, 7) is 3.88. The maximum Gasteiger partial charge on any atom is 0.233 e. The second kappa shape index (κ2) is 9.13. The Morgan fingerprint density at radius 3 is 2.10 bits per heavy atom. The molecular weight excluding hydrogens is 398 g/mol. The minimum atomic E-state index is 0.0482. The van der Waals surface area contributed by atoms with E-state index in [0.29, 0.717) is 31.3 Å². The SMILES string of the molecule is CC(=O)N1CCN(C(=O)CSc2nnc(-c3ccccc3)n2-c2ccccc2)CC1. The molecule has 1 saturated heterocycles. The van der Waals surface area contributed by atoms with Crippen molar-refractivity contribution in [2.24, 2.45) is 0 Å². The minimum absolute atomic E-state index is 0.0482. The van der Waals surface area contributed by atoms with Crippen LogP contribution in [-0.2, 0) is 9.59 Å². The number of carbonyl (C=O) groups excluding carboxylic acids is 2. The van der Waals surface area contributed by atoms with Crippen molar-refractivity contribution in [3.8, 4) is 17.1 Å². The fourth-order valence-corrected chi connectivity index (χ4v) is 4.29. The first-order valence-electron chi connectivity index (χ1n) is 9.86. The monoisotopic (exact) mass is 421 g/mol. The van der Waals surface area contributed by atoms with Gasteiger partial charge in [-0.2, -0.15) is 0 Å². The Morgan fingerprint density at radius 2 is 1.47 bits per heavy atom. The summed E-state index contributed by atoms with van der Waals surface area (Å²) in [4.78, 5) is 27.8. The molecular formula is C22H23N5O2S. The van der Waals surface area contributed by atoms with Crippen LogP contribution in [0.15, 0.2) is 65.8 Å². The van der Waals surface area contributed by atoms with Crippen molar-refractivity contribution in [1.82, 2.24) is 24.6 Å². The van der Waals surface area contributed by atoms with E-state index in [9.17, 15) is 9.59 Å². The standard InChI is InChI=1S/C22H23N5O2S/c1-17(28)25-12-14-26(15-13-25)20(29)16-30-22-24-23-21(18-8-4-2-5-9-18)27(22)19-10-6-3-7-11-19/h2-11H,12-16H2,1H3. The van der Waals surface area contributed by atoms with Crippen LogP contribution >= 0.6 is 11.8 Å². The number of nitrogens with zero attached hydrogens (tertiary/aromatic N) is 5. The molecule has 1 aliphatic rings. The third-order valence-electron chi connectivity index (χ3n) is 5.08. The van der Waals surface area contributed by atoms with Gasteiger partial charge < -0.3 is 9.80 Å². The number of benzene rings is 2. The molecule has 0 aliphatic carbocycles. The predicted molar refractivity (Wildman–Crippen MR) is 116 cm³/mol. The number of thioether (sulfide) groups is 1. The van der Waals surface area contributed by atoms with E-state index in [2.05, 4.69) is 10.2 Å². The van der Waals surface area contributed by atoms with Gasteiger partial charge in [0.2, 0.25) is 11.8 Å². The largest absolute Gasteiger partial charge is 0.339 e. The molecule has 0 spiro atoms. The second-order valence-electron chi connectivity index (χ2n) is 7.02. The van der Waals surface area contributed by atoms with Crippen LogP contribution < -0.4 is 0 Å². The molecule has 2 aromatic carbocycles. The van der Waals surface area contributed by atoms with Crippen LogP contribution in [0.3, 0.4) is 0 Å². The van der Waals surface area contributed by atoms with Crippen molar-refractivity contribution >= 4 is 23.6 Å². The molecule has 8 heteroatoms. The van der Waals surface area contributed by atoms with E-state index in [1.807, 2.05) is 70.1 Å². The number of para-hydroxylation sites is 1. The van der Waals surface area contributed by atoms with Gasteiger partial charge in [-0.3, -0.25) is 14.2 Å². The van der Waals surface area contributed by atoms with Crippen LogP contribution in [-0.4, -0.2) is 68.3 Å². The first-order chi connectivity index (χ1) is 14.6. The number of piperazine rings is 1. The quantitative estimate of drug-likeness (QED) is 0.593. The Bertz CT molecular complexity index is 1010. The van der Waals surface area contributed by atoms with E-state index >= 15 is 0 Å². The lowest BCUT2D eigenvalue weighted by atomic mass is 10.2. The lowest BCUT2D eigenvalue weighted by Crippen LogP contribution is -2.50. The van der Waals surface area contributed by atoms with Crippen LogP contribution in [0.25, 0.3) is 17.1 Å². The fraction of sp³-hybridized carbons (Fsp3) is 0.273. The van der Waals surface area contributed by atoms with Crippen molar-refractivity contribution < 1.29 is 9.59 Å². The van der Waals surface area contributed by atoms with E-state index in [-0.39, 0.29) is 17.6 Å². The van der Waals surface area contributed by atoms with E-state index in [1.54, 1.807) is 11.8 Å². The smallest absolute Gasteiger partial charge is 0.233 e. The molecule has 1 aromatic heterocycles. The van der Waals surface area contributed by atoms with Crippen molar-refractivity contribution in [2.45, 2.75) is 12.1 Å². The van der Waals surface area contributed by atoms with Gasteiger partial charge in [0.25, 0.3) is 0 Å². The molecule has 0 N–H and O–H groups in total. The average Bonchev–Trinajstić information content (AvgIpc) is 3.22. The van der Waals surface area contributed by atoms with Crippen molar-refractivity contribution in [3.05, 3.63) is 60.7 Å². The zero-order valence-corrected chi connectivity index (χ0v) is 17.6. The highest BCUT2D eigenvalue weighted by Crippen LogP contribution is 2.28. The molecule has 3 aromatic rings. The fourth-order valence-electron chi connectivity index (χ4n) is 3.44. The third kappa shape index (κ3) is 4.38. The van der Waals surface area contributed by atoms with E-state index in [4.69, 9.17) is 0 Å². The predicted octanol–water partition coefficient (Wildman–Crippen LogP) is 2.72. The second-order valence-corrected chi connectivity index (χ2v) is 7.96. The number of hydrogen-bond donors (Lipinski definition) is 0. The maximum absolute atomic E-state index is 12.7. The molecule has 0 unspecified atom stereocenters. The van der Waals surface area contributed by atoms with Gasteiger partial charge >= 0.3 is 0 Å². The first-order valence-corrected chi connectivity index (χ1v) is 10.8. The Morgan fingerprint density at radius 1 is 0.867 bits per heavy atom. The molecule has 4 rings (SSSR count). The molecule has 0 atom stereocenters. The number of carbonyl (C=O) groups is 2. The van der Waals surface area contributed by atoms with Gasteiger partial charge in [-0.05, 0) is 12.1 Å². The lowest BCUT2D eigenvalue weighted by Gasteiger charge is -2.34. The lowest BCUT2D eigenvalue weighted by molar-refractivity contribution is -0.136. The molecule has 2 amide bonds. The van der Waals surface area contributed by atoms with Crippen molar-refractivity contribution in [2.75, 3.05) is 31.9 Å². The Labute approximate surface area is 179 Å². The topological polar surface area (TPSA) is 71.3 Å². The highest BCUT2D eigenvalue weighted by molar-refractivity contribution is 7.99. The van der Waals surface area contributed by atoms with Crippen LogP contribution in [0.2, 0.25) is 0 Å². The molecule has 30 heavy (non-hydrogen) atoms. The van der Waals surface area contributed by atoms with Crippen molar-refractivity contribution in [3.63, 3.8) is 0 Å². The summed E-state index contributed by atoms with van der Waals surface area (Å²) < 4.78 is 1.99. The van der Waals surface area contributed by atoms with Gasteiger partial charge in [0, 0.05) is 44.4 Å². The Kier molecular flexibility index (Phi) is 6.13. The molecule has 1 aliphatic heterocycles. The number of hydrogen-bond acceptors (Lipinski definition) is 5. The number of amides is 2. The average molecular weight is 422 g/mol. The summed E-state index contributed by atoms with van der Waals surface area (Å²) in [6, 6.07) is 19.8. The van der Waals surface area contributed by atoms with Crippen LogP contribution in [0.5, 0.6) is 0 Å². The molecule has 0 radical (unpaired) electrons. The summed E-state index contributed by atoms with van der Waals surface area (Å²) in [5.74, 6) is 1.12. The molecule has 1 fully saturated rings. The van der Waals surface area contributed by atoms with Gasteiger partial charge in [0.15, 0.2) is 11.0 Å². The van der Waals surface area contributed by atoms with Gasteiger partial charge in [-0.15, -0.1) is 10.2 Å². The van der Waals surface area contributed by atoms with Gasteiger partial charge in [-0.25, -0.2) is 0 Å². The summed E-state index contributed by atoms with van der Waals surface area (Å²) in [5.41, 5.74) is 1.92. The van der Waals surface area contributed by atoms with Gasteiger partial charge in [-0.1, -0.05) is 60.3 Å². The number of aromatic nitrogens is 3. The Hall–Kier alpha value is -3.13. The third-order valence-corrected chi connectivity index (χ3v) is 6.00.